The van der Waals surface area contributed by atoms with E-state index in [1.54, 1.807) is 18.2 Å². The van der Waals surface area contributed by atoms with Crippen LogP contribution in [0.2, 0.25) is 0 Å². The van der Waals surface area contributed by atoms with Gasteiger partial charge in [0.15, 0.2) is 0 Å². The Hall–Kier alpha value is -4.46. The van der Waals surface area contributed by atoms with Crippen molar-refractivity contribution in [1.82, 2.24) is 9.97 Å². The average molecular weight is 512 g/mol. The van der Waals surface area contributed by atoms with E-state index in [4.69, 9.17) is 4.74 Å². The molecule has 3 aromatic carbocycles. The van der Waals surface area contributed by atoms with Gasteiger partial charge in [-0.25, -0.2) is 9.37 Å². The van der Waals surface area contributed by atoms with Crippen molar-refractivity contribution in [3.63, 3.8) is 0 Å². The van der Waals surface area contributed by atoms with E-state index < -0.39 is 23.5 Å². The molecule has 1 unspecified atom stereocenters. The maximum atomic E-state index is 13.9. The molecule has 1 aromatic heterocycles. The van der Waals surface area contributed by atoms with Crippen LogP contribution in [0.5, 0.6) is 5.75 Å². The fourth-order valence-corrected chi connectivity index (χ4v) is 5.10. The topological polar surface area (TPSA) is 95.5 Å². The van der Waals surface area contributed by atoms with E-state index >= 15 is 0 Å². The molecule has 2 aliphatic heterocycles. The third-order valence-corrected chi connectivity index (χ3v) is 7.16. The number of ether oxygens (including phenoxy) is 1. The quantitative estimate of drug-likeness (QED) is 0.213. The Morgan fingerprint density at radius 2 is 1.84 bits per heavy atom. The van der Waals surface area contributed by atoms with Gasteiger partial charge in [-0.15, -0.1) is 0 Å². The number of ketones is 1. The van der Waals surface area contributed by atoms with Crippen molar-refractivity contribution < 1.29 is 23.8 Å². The summed E-state index contributed by atoms with van der Waals surface area (Å²) in [6.07, 6.45) is 0.692. The summed E-state index contributed by atoms with van der Waals surface area (Å²) >= 11 is 0. The number of fused-ring (bicyclic) bond motifs is 2. The summed E-state index contributed by atoms with van der Waals surface area (Å²) in [7, 11) is 0. The van der Waals surface area contributed by atoms with Gasteiger partial charge in [0.2, 0.25) is 5.95 Å². The zero-order chi connectivity index (χ0) is 26.8. The molecule has 1 fully saturated rings. The van der Waals surface area contributed by atoms with Crippen molar-refractivity contribution in [3.05, 3.63) is 94.3 Å². The highest BCUT2D eigenvalue weighted by Gasteiger charge is 2.48. The second-order valence-electron chi connectivity index (χ2n) is 10.7. The Bertz CT molecular complexity index is 1650. The molecule has 3 heterocycles. The van der Waals surface area contributed by atoms with Crippen molar-refractivity contribution in [2.45, 2.75) is 38.6 Å². The smallest absolute Gasteiger partial charge is 0.302 e. The lowest BCUT2D eigenvalue weighted by molar-refractivity contribution is -0.132. The predicted octanol–water partition coefficient (Wildman–Crippen LogP) is 5.56. The first-order chi connectivity index (χ1) is 18.1. The van der Waals surface area contributed by atoms with Crippen LogP contribution in [-0.2, 0) is 21.4 Å². The van der Waals surface area contributed by atoms with Crippen LogP contribution in [0.3, 0.4) is 0 Å². The standard InChI is InChI=1S/C30H26FN3O4/c1-30(2,3)19-7-4-16(5-8-19)25-24(26(35)18-6-11-23-17(14-18)12-13-38-23)27(36)28(37)34(25)29-32-21-10-9-20(31)15-22(21)33-29/h4-11,14-15,25,35H,12-13H2,1-3H3,(H,32,33)/b26-24+. The molecular formula is C30H26FN3O4. The number of hydrogen-bond acceptors (Lipinski definition) is 5. The normalized spacial score (nSPS) is 18.7. The number of carbonyl (C=O) groups excluding carboxylic acids is 2. The molecule has 7 nitrogen and oxygen atoms in total. The second kappa shape index (κ2) is 8.55. The van der Waals surface area contributed by atoms with E-state index in [1.807, 2.05) is 24.3 Å². The summed E-state index contributed by atoms with van der Waals surface area (Å²) in [4.78, 5) is 35.7. The van der Waals surface area contributed by atoms with Crippen LogP contribution in [-0.4, -0.2) is 33.4 Å². The molecule has 0 aliphatic carbocycles. The molecule has 38 heavy (non-hydrogen) atoms. The first kappa shape index (κ1) is 23.9. The monoisotopic (exact) mass is 511 g/mol. The number of aliphatic hydroxyl groups excluding tert-OH is 1. The molecule has 1 amide bonds. The maximum absolute atomic E-state index is 13.9. The molecule has 2 N–H and O–H groups in total. The first-order valence-corrected chi connectivity index (χ1v) is 12.4. The summed E-state index contributed by atoms with van der Waals surface area (Å²) in [6, 6.07) is 16.0. The molecule has 1 saturated heterocycles. The Labute approximate surface area is 218 Å². The Kier molecular flexibility index (Phi) is 5.38. The lowest BCUT2D eigenvalue weighted by atomic mass is 9.85. The van der Waals surface area contributed by atoms with Gasteiger partial charge in [0.1, 0.15) is 17.3 Å². The van der Waals surface area contributed by atoms with E-state index in [0.29, 0.717) is 35.2 Å². The van der Waals surface area contributed by atoms with E-state index in [9.17, 15) is 19.1 Å². The lowest BCUT2D eigenvalue weighted by Crippen LogP contribution is -2.30. The van der Waals surface area contributed by atoms with Gasteiger partial charge >= 0.3 is 5.91 Å². The van der Waals surface area contributed by atoms with E-state index in [1.165, 1.54) is 23.1 Å². The second-order valence-corrected chi connectivity index (χ2v) is 10.7. The number of halogens is 1. The molecular weight excluding hydrogens is 485 g/mol. The highest BCUT2D eigenvalue weighted by molar-refractivity contribution is 6.51. The summed E-state index contributed by atoms with van der Waals surface area (Å²) in [5.41, 5.74) is 3.76. The van der Waals surface area contributed by atoms with Crippen LogP contribution >= 0.6 is 0 Å². The van der Waals surface area contributed by atoms with Crippen molar-refractivity contribution in [1.29, 1.82) is 0 Å². The van der Waals surface area contributed by atoms with Crippen molar-refractivity contribution in [2.75, 3.05) is 11.5 Å². The number of aromatic nitrogens is 2. The van der Waals surface area contributed by atoms with Gasteiger partial charge < -0.3 is 14.8 Å². The highest BCUT2D eigenvalue weighted by atomic mass is 19.1. The zero-order valence-electron chi connectivity index (χ0n) is 21.2. The minimum absolute atomic E-state index is 0.0380. The van der Waals surface area contributed by atoms with Crippen LogP contribution in [0.4, 0.5) is 10.3 Å². The van der Waals surface area contributed by atoms with Gasteiger partial charge in [0.25, 0.3) is 5.78 Å². The zero-order valence-corrected chi connectivity index (χ0v) is 21.2. The third kappa shape index (κ3) is 3.84. The number of nitrogens with zero attached hydrogens (tertiary/aromatic N) is 2. The Balaban J connectivity index is 1.54. The number of H-pyrrole nitrogens is 1. The highest BCUT2D eigenvalue weighted by Crippen LogP contribution is 2.42. The van der Waals surface area contributed by atoms with E-state index in [2.05, 4.69) is 30.7 Å². The first-order valence-electron chi connectivity index (χ1n) is 12.4. The number of carbonyl (C=O) groups is 2. The van der Waals surface area contributed by atoms with Gasteiger partial charge in [0, 0.05) is 12.0 Å². The van der Waals surface area contributed by atoms with Gasteiger partial charge in [-0.3, -0.25) is 14.5 Å². The van der Waals surface area contributed by atoms with Crippen LogP contribution in [0, 0.1) is 5.82 Å². The largest absolute Gasteiger partial charge is 0.507 e. The van der Waals surface area contributed by atoms with Gasteiger partial charge in [-0.1, -0.05) is 45.0 Å². The molecule has 0 saturated carbocycles. The van der Waals surface area contributed by atoms with Gasteiger partial charge in [-0.2, -0.15) is 0 Å². The number of amides is 1. The van der Waals surface area contributed by atoms with Crippen molar-refractivity contribution in [2.24, 2.45) is 0 Å². The molecule has 4 aromatic rings. The average Bonchev–Trinajstić information content (AvgIpc) is 3.59. The molecule has 0 spiro atoms. The third-order valence-electron chi connectivity index (χ3n) is 7.16. The number of anilines is 1. The van der Waals surface area contributed by atoms with Crippen molar-refractivity contribution in [3.8, 4) is 5.75 Å². The molecule has 192 valence electrons. The van der Waals surface area contributed by atoms with Crippen molar-refractivity contribution >= 4 is 34.4 Å². The fraction of sp³-hybridized carbons (Fsp3) is 0.233. The SMILES string of the molecule is CC(C)(C)c1ccc(C2/C(=C(\O)c3ccc4c(c3)CCO4)C(=O)C(=O)N2c2nc3ccc(F)cc3[nH]2)cc1. The molecule has 8 heteroatoms. The summed E-state index contributed by atoms with van der Waals surface area (Å²) in [6.45, 7) is 6.84. The molecule has 0 radical (unpaired) electrons. The summed E-state index contributed by atoms with van der Waals surface area (Å²) in [5.74, 6) is -1.54. The fourth-order valence-electron chi connectivity index (χ4n) is 5.10. The lowest BCUT2D eigenvalue weighted by Gasteiger charge is -2.25. The van der Waals surface area contributed by atoms with Gasteiger partial charge in [0.05, 0.1) is 29.3 Å². The van der Waals surface area contributed by atoms with Crippen LogP contribution < -0.4 is 9.64 Å². The number of hydrogen-bond donors (Lipinski definition) is 2. The molecule has 2 aliphatic rings. The minimum Gasteiger partial charge on any atom is -0.507 e. The van der Waals surface area contributed by atoms with Crippen LogP contribution in [0.25, 0.3) is 16.8 Å². The number of rotatable bonds is 3. The summed E-state index contributed by atoms with van der Waals surface area (Å²) < 4.78 is 19.4. The predicted molar refractivity (Wildman–Crippen MR) is 142 cm³/mol. The van der Waals surface area contributed by atoms with Crippen LogP contribution in [0.1, 0.15) is 49.1 Å². The number of benzene rings is 3. The number of aromatic amines is 1. The summed E-state index contributed by atoms with van der Waals surface area (Å²) in [5, 5.41) is 11.5. The van der Waals surface area contributed by atoms with E-state index in [0.717, 1.165) is 16.9 Å². The molecule has 6 rings (SSSR count). The maximum Gasteiger partial charge on any atom is 0.302 e. The minimum atomic E-state index is -0.945. The van der Waals surface area contributed by atoms with Gasteiger partial charge in [-0.05, 0) is 58.5 Å². The molecule has 0 bridgehead atoms. The van der Waals surface area contributed by atoms with E-state index in [-0.39, 0.29) is 22.7 Å². The number of aliphatic hydroxyl groups is 1. The Morgan fingerprint density at radius 3 is 2.58 bits per heavy atom. The molecule has 1 atom stereocenters. The number of imidazole rings is 1. The van der Waals surface area contributed by atoms with Crippen LogP contribution in [0.15, 0.2) is 66.2 Å². The Morgan fingerprint density at radius 1 is 1.08 bits per heavy atom. The number of nitrogens with one attached hydrogen (secondary N) is 1. The number of Topliss-reactive ketones (excluding diaryl/α,β-unsaturated/α-hetero) is 1.